The summed E-state index contributed by atoms with van der Waals surface area (Å²) in [4.78, 5) is 16.5. The van der Waals surface area contributed by atoms with Crippen LogP contribution in [0, 0.1) is 0 Å². The van der Waals surface area contributed by atoms with E-state index in [1.807, 2.05) is 42.5 Å². The molecule has 0 unspecified atom stereocenters. The maximum atomic E-state index is 12.5. The zero-order chi connectivity index (χ0) is 18.5. The number of ether oxygens (including phenoxy) is 1. The lowest BCUT2D eigenvalue weighted by Crippen LogP contribution is -2.11. The third-order valence-corrected chi connectivity index (χ3v) is 4.54. The van der Waals surface area contributed by atoms with Crippen LogP contribution in [0.25, 0.3) is 10.6 Å². The second-order valence-electron chi connectivity index (χ2n) is 5.55. The maximum absolute atomic E-state index is 12.5. The van der Waals surface area contributed by atoms with Crippen molar-refractivity contribution in [2.75, 3.05) is 5.32 Å². The van der Waals surface area contributed by atoms with Crippen LogP contribution in [0.1, 0.15) is 10.4 Å². The number of para-hydroxylation sites is 1. The fourth-order valence-electron chi connectivity index (χ4n) is 2.38. The first kappa shape index (κ1) is 16.9. The van der Waals surface area contributed by atoms with E-state index in [1.54, 1.807) is 36.7 Å². The molecule has 0 radical (unpaired) electrons. The summed E-state index contributed by atoms with van der Waals surface area (Å²) in [6, 6.07) is 20.1. The van der Waals surface area contributed by atoms with Gasteiger partial charge in [0.15, 0.2) is 0 Å². The smallest absolute Gasteiger partial charge is 0.257 e. The molecule has 2 aromatic heterocycles. The lowest BCUT2D eigenvalue weighted by Gasteiger charge is -2.07. The monoisotopic (exact) mass is 374 g/mol. The first-order valence-electron chi connectivity index (χ1n) is 8.16. The lowest BCUT2D eigenvalue weighted by atomic mass is 10.2. The van der Waals surface area contributed by atoms with Crippen LogP contribution in [-0.4, -0.2) is 21.1 Å². The molecule has 1 amide bonds. The largest absolute Gasteiger partial charge is 0.457 e. The van der Waals surface area contributed by atoms with Crippen LogP contribution in [0.4, 0.5) is 5.13 Å². The molecule has 0 aliphatic heterocycles. The van der Waals surface area contributed by atoms with Crippen molar-refractivity contribution in [3.05, 3.63) is 84.7 Å². The molecular weight excluding hydrogens is 360 g/mol. The number of nitrogens with zero attached hydrogens (tertiary/aromatic N) is 3. The Hall–Kier alpha value is -3.58. The molecule has 0 aliphatic carbocycles. The second-order valence-corrected chi connectivity index (χ2v) is 6.52. The highest BCUT2D eigenvalue weighted by molar-refractivity contribution is 7.18. The standard InChI is InChI=1S/C20H14N4O2S/c25-18(22-20-24-23-19(27-20)14-9-11-21-12-10-14)15-5-4-8-17(13-15)26-16-6-2-1-3-7-16/h1-13H,(H,22,24,25). The van der Waals surface area contributed by atoms with Gasteiger partial charge in [-0.15, -0.1) is 10.2 Å². The van der Waals surface area contributed by atoms with Crippen molar-refractivity contribution >= 4 is 22.4 Å². The highest BCUT2D eigenvalue weighted by Gasteiger charge is 2.12. The number of hydrogen-bond acceptors (Lipinski definition) is 6. The van der Waals surface area contributed by atoms with Crippen LogP contribution in [0.15, 0.2) is 79.1 Å². The number of carbonyl (C=O) groups is 1. The van der Waals surface area contributed by atoms with E-state index < -0.39 is 0 Å². The molecule has 27 heavy (non-hydrogen) atoms. The molecule has 0 aliphatic rings. The first-order valence-corrected chi connectivity index (χ1v) is 8.98. The molecule has 4 aromatic rings. The van der Waals surface area contributed by atoms with E-state index in [1.165, 1.54) is 11.3 Å². The minimum Gasteiger partial charge on any atom is -0.457 e. The summed E-state index contributed by atoms with van der Waals surface area (Å²) < 4.78 is 5.77. The molecule has 1 N–H and O–H groups in total. The van der Waals surface area contributed by atoms with Gasteiger partial charge in [-0.2, -0.15) is 0 Å². The summed E-state index contributed by atoms with van der Waals surface area (Å²) in [5.74, 6) is 1.02. The zero-order valence-corrected chi connectivity index (χ0v) is 14.9. The van der Waals surface area contributed by atoms with Crippen molar-refractivity contribution in [3.8, 4) is 22.1 Å². The predicted molar refractivity (Wildman–Crippen MR) is 104 cm³/mol. The molecular formula is C20H14N4O2S. The van der Waals surface area contributed by atoms with Crippen molar-refractivity contribution in [1.29, 1.82) is 0 Å². The molecule has 0 bridgehead atoms. The third-order valence-electron chi connectivity index (χ3n) is 3.65. The number of carbonyl (C=O) groups excluding carboxylic acids is 1. The van der Waals surface area contributed by atoms with Crippen molar-refractivity contribution in [2.45, 2.75) is 0 Å². The molecule has 4 rings (SSSR count). The molecule has 7 heteroatoms. The van der Waals surface area contributed by atoms with Crippen LogP contribution in [-0.2, 0) is 0 Å². The highest BCUT2D eigenvalue weighted by Crippen LogP contribution is 2.26. The Balaban J connectivity index is 1.47. The number of pyridine rings is 1. The van der Waals surface area contributed by atoms with Gasteiger partial charge in [0.25, 0.3) is 5.91 Å². The van der Waals surface area contributed by atoms with Crippen molar-refractivity contribution < 1.29 is 9.53 Å². The van der Waals surface area contributed by atoms with Gasteiger partial charge < -0.3 is 4.74 Å². The number of anilines is 1. The van der Waals surface area contributed by atoms with E-state index in [0.29, 0.717) is 27.2 Å². The summed E-state index contributed by atoms with van der Waals surface area (Å²) in [5, 5.41) is 12.1. The van der Waals surface area contributed by atoms with Crippen LogP contribution >= 0.6 is 11.3 Å². The Morgan fingerprint density at radius 1 is 0.889 bits per heavy atom. The van der Waals surface area contributed by atoms with Gasteiger partial charge in [-0.1, -0.05) is 35.6 Å². The Morgan fingerprint density at radius 3 is 2.48 bits per heavy atom. The Bertz CT molecular complexity index is 1050. The Labute approximate surface area is 159 Å². The van der Waals surface area contributed by atoms with Gasteiger partial charge in [-0.25, -0.2) is 0 Å². The SMILES string of the molecule is O=C(Nc1nnc(-c2ccncc2)s1)c1cccc(Oc2ccccc2)c1. The normalized spacial score (nSPS) is 10.4. The van der Waals surface area contributed by atoms with E-state index in [-0.39, 0.29) is 5.91 Å². The summed E-state index contributed by atoms with van der Waals surface area (Å²) in [5.41, 5.74) is 1.38. The first-order chi connectivity index (χ1) is 13.3. The number of aromatic nitrogens is 3. The molecule has 0 atom stereocenters. The predicted octanol–water partition coefficient (Wildman–Crippen LogP) is 4.64. The van der Waals surface area contributed by atoms with Gasteiger partial charge >= 0.3 is 0 Å². The van der Waals surface area contributed by atoms with Crippen LogP contribution in [0.2, 0.25) is 0 Å². The van der Waals surface area contributed by atoms with Crippen molar-refractivity contribution in [1.82, 2.24) is 15.2 Å². The number of nitrogens with one attached hydrogen (secondary N) is 1. The summed E-state index contributed by atoms with van der Waals surface area (Å²) in [7, 11) is 0. The molecule has 2 aromatic carbocycles. The molecule has 132 valence electrons. The van der Waals surface area contributed by atoms with Gasteiger partial charge in [0.1, 0.15) is 16.5 Å². The quantitative estimate of drug-likeness (QED) is 0.550. The van der Waals surface area contributed by atoms with E-state index in [4.69, 9.17) is 4.74 Å². The molecule has 2 heterocycles. The van der Waals surface area contributed by atoms with Crippen LogP contribution in [0.5, 0.6) is 11.5 Å². The fourth-order valence-corrected chi connectivity index (χ4v) is 3.12. The molecule has 0 saturated carbocycles. The number of benzene rings is 2. The average molecular weight is 374 g/mol. The summed E-state index contributed by atoms with van der Waals surface area (Å²) >= 11 is 1.30. The van der Waals surface area contributed by atoms with Gasteiger partial charge in [0, 0.05) is 23.5 Å². The van der Waals surface area contributed by atoms with Crippen LogP contribution < -0.4 is 10.1 Å². The van der Waals surface area contributed by atoms with E-state index >= 15 is 0 Å². The van der Waals surface area contributed by atoms with Gasteiger partial charge in [0.05, 0.1) is 0 Å². The minimum absolute atomic E-state index is 0.272. The van der Waals surface area contributed by atoms with E-state index in [2.05, 4.69) is 20.5 Å². The zero-order valence-electron chi connectivity index (χ0n) is 14.1. The maximum Gasteiger partial charge on any atom is 0.257 e. The Morgan fingerprint density at radius 2 is 1.67 bits per heavy atom. The van der Waals surface area contributed by atoms with E-state index in [9.17, 15) is 4.79 Å². The Kier molecular flexibility index (Phi) is 4.84. The summed E-state index contributed by atoms with van der Waals surface area (Å²) in [6.07, 6.45) is 3.38. The second kappa shape index (κ2) is 7.76. The fraction of sp³-hybridized carbons (Fsp3) is 0. The minimum atomic E-state index is -0.272. The summed E-state index contributed by atoms with van der Waals surface area (Å²) in [6.45, 7) is 0. The molecule has 0 saturated heterocycles. The molecule has 0 spiro atoms. The van der Waals surface area contributed by atoms with Crippen LogP contribution in [0.3, 0.4) is 0 Å². The van der Waals surface area contributed by atoms with E-state index in [0.717, 1.165) is 5.56 Å². The average Bonchev–Trinajstić information content (AvgIpc) is 3.18. The van der Waals surface area contributed by atoms with Gasteiger partial charge in [-0.05, 0) is 42.5 Å². The van der Waals surface area contributed by atoms with Crippen molar-refractivity contribution in [3.63, 3.8) is 0 Å². The highest BCUT2D eigenvalue weighted by atomic mass is 32.1. The van der Waals surface area contributed by atoms with Gasteiger partial charge in [-0.3, -0.25) is 15.1 Å². The number of rotatable bonds is 5. The molecule has 6 nitrogen and oxygen atoms in total. The van der Waals surface area contributed by atoms with Crippen molar-refractivity contribution in [2.24, 2.45) is 0 Å². The number of amides is 1. The third kappa shape index (κ3) is 4.16. The van der Waals surface area contributed by atoms with Gasteiger partial charge in [0.2, 0.25) is 5.13 Å². The lowest BCUT2D eigenvalue weighted by molar-refractivity contribution is 0.102. The number of hydrogen-bond donors (Lipinski definition) is 1. The topological polar surface area (TPSA) is 77.0 Å². The molecule has 0 fully saturated rings.